The van der Waals surface area contributed by atoms with Gasteiger partial charge in [-0.05, 0) is 30.0 Å². The molecular weight excluding hydrogens is 180 g/mol. The standard InChI is InChI=1S/C10H8N2S/c1-6-5-13-9-3-2-8(12)7(4-11)10(6)9/h2-3,5H,12H2,1H3. The quantitative estimate of drug-likeness (QED) is 0.646. The minimum absolute atomic E-state index is 0.566. The Kier molecular flexibility index (Phi) is 1.71. The van der Waals surface area contributed by atoms with E-state index < -0.39 is 0 Å². The summed E-state index contributed by atoms with van der Waals surface area (Å²) in [4.78, 5) is 0. The highest BCUT2D eigenvalue weighted by Crippen LogP contribution is 2.31. The van der Waals surface area contributed by atoms with Crippen LogP contribution < -0.4 is 5.73 Å². The number of fused-ring (bicyclic) bond motifs is 1. The second-order valence-electron chi connectivity index (χ2n) is 2.93. The van der Waals surface area contributed by atoms with Crippen LogP contribution in [0.25, 0.3) is 10.1 Å². The Balaban J connectivity index is 2.99. The average Bonchev–Trinajstić information content (AvgIpc) is 2.49. The second kappa shape index (κ2) is 2.75. The fraction of sp³-hybridized carbons (Fsp3) is 0.100. The van der Waals surface area contributed by atoms with E-state index in [-0.39, 0.29) is 0 Å². The second-order valence-corrected chi connectivity index (χ2v) is 3.84. The molecule has 0 atom stereocenters. The monoisotopic (exact) mass is 188 g/mol. The Bertz CT molecular complexity index is 505. The molecule has 0 radical (unpaired) electrons. The van der Waals surface area contributed by atoms with Gasteiger partial charge in [0.25, 0.3) is 0 Å². The topological polar surface area (TPSA) is 49.8 Å². The van der Waals surface area contributed by atoms with Gasteiger partial charge in [0, 0.05) is 10.1 Å². The molecule has 0 saturated carbocycles. The van der Waals surface area contributed by atoms with E-state index >= 15 is 0 Å². The molecule has 0 saturated heterocycles. The minimum atomic E-state index is 0.566. The van der Waals surface area contributed by atoms with E-state index in [1.807, 2.05) is 18.4 Å². The van der Waals surface area contributed by atoms with Crippen molar-refractivity contribution in [2.75, 3.05) is 5.73 Å². The van der Waals surface area contributed by atoms with Crippen molar-refractivity contribution in [1.29, 1.82) is 5.26 Å². The Morgan fingerprint density at radius 1 is 1.46 bits per heavy atom. The SMILES string of the molecule is Cc1csc2ccc(N)c(C#N)c12. The van der Waals surface area contributed by atoms with E-state index in [4.69, 9.17) is 11.0 Å². The van der Waals surface area contributed by atoms with Crippen molar-refractivity contribution in [2.45, 2.75) is 6.92 Å². The summed E-state index contributed by atoms with van der Waals surface area (Å²) < 4.78 is 1.13. The van der Waals surface area contributed by atoms with Crippen LogP contribution in [-0.2, 0) is 0 Å². The number of nitrogens with zero attached hydrogens (tertiary/aromatic N) is 1. The Hall–Kier alpha value is -1.53. The summed E-state index contributed by atoms with van der Waals surface area (Å²) in [6, 6.07) is 5.90. The highest BCUT2D eigenvalue weighted by molar-refractivity contribution is 7.17. The maximum Gasteiger partial charge on any atom is 0.102 e. The van der Waals surface area contributed by atoms with Crippen molar-refractivity contribution in [3.63, 3.8) is 0 Å². The van der Waals surface area contributed by atoms with Gasteiger partial charge in [0.1, 0.15) is 6.07 Å². The molecule has 1 heterocycles. The molecule has 3 heteroatoms. The highest BCUT2D eigenvalue weighted by atomic mass is 32.1. The lowest BCUT2D eigenvalue weighted by Gasteiger charge is -1.99. The fourth-order valence-electron chi connectivity index (χ4n) is 1.42. The van der Waals surface area contributed by atoms with Gasteiger partial charge < -0.3 is 5.73 Å². The molecule has 0 fully saturated rings. The number of aryl methyl sites for hydroxylation is 1. The summed E-state index contributed by atoms with van der Waals surface area (Å²) in [5, 5.41) is 12.0. The molecule has 2 rings (SSSR count). The number of hydrogen-bond donors (Lipinski definition) is 1. The molecule has 13 heavy (non-hydrogen) atoms. The molecule has 1 aromatic carbocycles. The summed E-state index contributed by atoms with van der Waals surface area (Å²) in [7, 11) is 0. The fourth-order valence-corrected chi connectivity index (χ4v) is 2.37. The molecule has 64 valence electrons. The van der Waals surface area contributed by atoms with Gasteiger partial charge in [0.2, 0.25) is 0 Å². The lowest BCUT2D eigenvalue weighted by Crippen LogP contribution is -1.90. The molecular formula is C10H8N2S. The van der Waals surface area contributed by atoms with Gasteiger partial charge >= 0.3 is 0 Å². The molecule has 0 amide bonds. The van der Waals surface area contributed by atoms with E-state index in [1.165, 1.54) is 0 Å². The van der Waals surface area contributed by atoms with Gasteiger partial charge in [-0.3, -0.25) is 0 Å². The molecule has 0 spiro atoms. The summed E-state index contributed by atoms with van der Waals surface area (Å²) in [5.74, 6) is 0. The largest absolute Gasteiger partial charge is 0.398 e. The van der Waals surface area contributed by atoms with Crippen LogP contribution in [0.4, 0.5) is 5.69 Å². The van der Waals surface area contributed by atoms with Crippen LogP contribution in [0.3, 0.4) is 0 Å². The number of nitriles is 1. The first-order chi connectivity index (χ1) is 6.24. The first kappa shape index (κ1) is 8.09. The van der Waals surface area contributed by atoms with Gasteiger partial charge in [-0.15, -0.1) is 11.3 Å². The summed E-state index contributed by atoms with van der Waals surface area (Å²) in [6.45, 7) is 2.00. The van der Waals surface area contributed by atoms with Crippen LogP contribution in [0, 0.1) is 18.3 Å². The number of thiophene rings is 1. The van der Waals surface area contributed by atoms with Crippen LogP contribution in [0.15, 0.2) is 17.5 Å². The molecule has 0 aliphatic heterocycles. The maximum absolute atomic E-state index is 8.93. The van der Waals surface area contributed by atoms with E-state index in [2.05, 4.69) is 6.07 Å². The van der Waals surface area contributed by atoms with Gasteiger partial charge in [-0.25, -0.2) is 0 Å². The van der Waals surface area contributed by atoms with Crippen LogP contribution in [0.1, 0.15) is 11.1 Å². The van der Waals surface area contributed by atoms with Crippen molar-refractivity contribution in [2.24, 2.45) is 0 Å². The third-order valence-corrected chi connectivity index (χ3v) is 3.13. The Labute approximate surface area is 80.2 Å². The third kappa shape index (κ3) is 1.07. The zero-order valence-corrected chi connectivity index (χ0v) is 7.98. The zero-order valence-electron chi connectivity index (χ0n) is 7.16. The number of benzene rings is 1. The van der Waals surface area contributed by atoms with Gasteiger partial charge in [-0.2, -0.15) is 5.26 Å². The van der Waals surface area contributed by atoms with Crippen LogP contribution >= 0.6 is 11.3 Å². The van der Waals surface area contributed by atoms with E-state index in [0.717, 1.165) is 15.6 Å². The average molecular weight is 188 g/mol. The predicted octanol–water partition coefficient (Wildman–Crippen LogP) is 2.66. The zero-order chi connectivity index (χ0) is 9.42. The van der Waals surface area contributed by atoms with E-state index in [9.17, 15) is 0 Å². The van der Waals surface area contributed by atoms with Crippen LogP contribution in [0.2, 0.25) is 0 Å². The highest BCUT2D eigenvalue weighted by Gasteiger charge is 2.08. The molecule has 0 bridgehead atoms. The predicted molar refractivity (Wildman–Crippen MR) is 55.7 cm³/mol. The summed E-state index contributed by atoms with van der Waals surface area (Å²) >= 11 is 1.65. The molecule has 0 aliphatic rings. The number of nitrogens with two attached hydrogens (primary N) is 1. The number of hydrogen-bond acceptors (Lipinski definition) is 3. The number of nitrogen functional groups attached to an aromatic ring is 1. The third-order valence-electron chi connectivity index (χ3n) is 2.07. The van der Waals surface area contributed by atoms with E-state index in [0.29, 0.717) is 11.3 Å². The Morgan fingerprint density at radius 3 is 2.92 bits per heavy atom. The normalized spacial score (nSPS) is 10.2. The van der Waals surface area contributed by atoms with Gasteiger partial charge in [0.05, 0.1) is 11.3 Å². The minimum Gasteiger partial charge on any atom is -0.398 e. The molecule has 0 aliphatic carbocycles. The molecule has 2 N–H and O–H groups in total. The number of anilines is 1. The van der Waals surface area contributed by atoms with Gasteiger partial charge in [-0.1, -0.05) is 0 Å². The van der Waals surface area contributed by atoms with Crippen LogP contribution in [-0.4, -0.2) is 0 Å². The molecule has 0 unspecified atom stereocenters. The Morgan fingerprint density at radius 2 is 2.23 bits per heavy atom. The van der Waals surface area contributed by atoms with Crippen molar-refractivity contribution in [1.82, 2.24) is 0 Å². The van der Waals surface area contributed by atoms with E-state index in [1.54, 1.807) is 17.4 Å². The molecule has 2 aromatic rings. The molecule has 1 aromatic heterocycles. The van der Waals surface area contributed by atoms with Gasteiger partial charge in [0.15, 0.2) is 0 Å². The lowest BCUT2D eigenvalue weighted by atomic mass is 10.1. The lowest BCUT2D eigenvalue weighted by molar-refractivity contribution is 1.49. The van der Waals surface area contributed by atoms with Crippen molar-refractivity contribution >= 4 is 27.1 Å². The summed E-state index contributed by atoms with van der Waals surface area (Å²) in [5.41, 5.74) is 8.01. The first-order valence-electron chi connectivity index (χ1n) is 3.90. The first-order valence-corrected chi connectivity index (χ1v) is 4.78. The van der Waals surface area contributed by atoms with Crippen molar-refractivity contribution in [3.8, 4) is 6.07 Å². The smallest absolute Gasteiger partial charge is 0.102 e. The molecule has 2 nitrogen and oxygen atoms in total. The maximum atomic E-state index is 8.93. The van der Waals surface area contributed by atoms with Crippen LogP contribution in [0.5, 0.6) is 0 Å². The summed E-state index contributed by atoms with van der Waals surface area (Å²) in [6.07, 6.45) is 0. The number of rotatable bonds is 0. The van der Waals surface area contributed by atoms with Crippen molar-refractivity contribution in [3.05, 3.63) is 28.6 Å². The van der Waals surface area contributed by atoms with Crippen molar-refractivity contribution < 1.29 is 0 Å².